The van der Waals surface area contributed by atoms with E-state index in [1.165, 1.54) is 5.75 Å². The van der Waals surface area contributed by atoms with Crippen molar-refractivity contribution >= 4 is 23.5 Å². The first kappa shape index (κ1) is 9.70. The van der Waals surface area contributed by atoms with Gasteiger partial charge in [-0.2, -0.15) is 23.5 Å². The Bertz CT molecular complexity index is 63.9. The van der Waals surface area contributed by atoms with E-state index in [1.807, 2.05) is 23.5 Å². The van der Waals surface area contributed by atoms with E-state index in [2.05, 4.69) is 27.0 Å². The minimum atomic E-state index is 0.801. The number of rotatable bonds is 4. The Hall–Kier alpha value is 0.700. The summed E-state index contributed by atoms with van der Waals surface area (Å²) in [4.78, 5) is 0. The van der Waals surface area contributed by atoms with Crippen LogP contribution in [-0.2, 0) is 0 Å². The van der Waals surface area contributed by atoms with E-state index in [0.717, 1.165) is 10.5 Å². The maximum absolute atomic E-state index is 2.30. The molecule has 2 atom stereocenters. The zero-order valence-electron chi connectivity index (χ0n) is 6.68. The third kappa shape index (κ3) is 4.15. The van der Waals surface area contributed by atoms with E-state index < -0.39 is 0 Å². The summed E-state index contributed by atoms with van der Waals surface area (Å²) in [5.74, 6) is 1.24. The van der Waals surface area contributed by atoms with Crippen molar-refractivity contribution in [1.29, 1.82) is 0 Å². The third-order valence-corrected chi connectivity index (χ3v) is 4.05. The van der Waals surface area contributed by atoms with Crippen LogP contribution in [0.3, 0.4) is 0 Å². The average molecular weight is 164 g/mol. The predicted molar refractivity (Wildman–Crippen MR) is 50.6 cm³/mol. The minimum Gasteiger partial charge on any atom is -0.161 e. The molecule has 9 heavy (non-hydrogen) atoms. The fourth-order valence-electron chi connectivity index (χ4n) is 0.590. The van der Waals surface area contributed by atoms with E-state index in [1.54, 1.807) is 0 Å². The van der Waals surface area contributed by atoms with Crippen LogP contribution in [0.2, 0.25) is 0 Å². The molecule has 0 saturated carbocycles. The summed E-state index contributed by atoms with van der Waals surface area (Å²) in [6, 6.07) is 0. The average Bonchev–Trinajstić information content (AvgIpc) is 1.87. The van der Waals surface area contributed by atoms with Crippen LogP contribution >= 0.6 is 23.5 Å². The molecule has 0 aliphatic carbocycles. The van der Waals surface area contributed by atoms with Crippen molar-refractivity contribution in [1.82, 2.24) is 0 Å². The summed E-state index contributed by atoms with van der Waals surface area (Å²) in [5, 5.41) is 1.61. The largest absolute Gasteiger partial charge is 0.161 e. The molecule has 0 bridgehead atoms. The number of hydrogen-bond acceptors (Lipinski definition) is 2. The zero-order chi connectivity index (χ0) is 7.28. The van der Waals surface area contributed by atoms with Gasteiger partial charge in [-0.15, -0.1) is 0 Å². The molecule has 2 heteroatoms. The molecule has 0 aromatic rings. The fourth-order valence-corrected chi connectivity index (χ4v) is 2.34. The summed E-state index contributed by atoms with van der Waals surface area (Å²) in [5.41, 5.74) is 0. The normalized spacial score (nSPS) is 17.3. The quantitative estimate of drug-likeness (QED) is 0.626. The highest BCUT2D eigenvalue weighted by molar-refractivity contribution is 8.03. The van der Waals surface area contributed by atoms with Gasteiger partial charge in [0.25, 0.3) is 0 Å². The molecule has 0 aliphatic rings. The molecule has 0 radical (unpaired) electrons. The Morgan fingerprint density at radius 3 is 2.11 bits per heavy atom. The van der Waals surface area contributed by atoms with Crippen molar-refractivity contribution in [3.63, 3.8) is 0 Å². The molecule has 0 aromatic carbocycles. The third-order valence-electron chi connectivity index (χ3n) is 1.46. The van der Waals surface area contributed by atoms with Gasteiger partial charge in [0.15, 0.2) is 0 Å². The molecule has 0 amide bonds. The van der Waals surface area contributed by atoms with Crippen LogP contribution in [0.15, 0.2) is 0 Å². The van der Waals surface area contributed by atoms with Gasteiger partial charge in [-0.25, -0.2) is 0 Å². The molecule has 2 unspecified atom stereocenters. The Labute approximate surface area is 67.2 Å². The number of hydrogen-bond donors (Lipinski definition) is 0. The first-order valence-corrected chi connectivity index (χ1v) is 5.70. The van der Waals surface area contributed by atoms with Gasteiger partial charge >= 0.3 is 0 Å². The summed E-state index contributed by atoms with van der Waals surface area (Å²) in [6.07, 6.45) is 2.18. The van der Waals surface area contributed by atoms with Gasteiger partial charge in [0, 0.05) is 10.5 Å². The molecular weight excluding hydrogens is 148 g/mol. The predicted octanol–water partition coefficient (Wildman–Crippen LogP) is 2.88. The SMILES string of the molecule is CCSC(C)C(C)SC. The maximum atomic E-state index is 2.30. The Balaban J connectivity index is 3.32. The Morgan fingerprint density at radius 1 is 1.22 bits per heavy atom. The van der Waals surface area contributed by atoms with E-state index >= 15 is 0 Å². The maximum Gasteiger partial charge on any atom is 0.0135 e. The van der Waals surface area contributed by atoms with Gasteiger partial charge in [0.2, 0.25) is 0 Å². The second-order valence-electron chi connectivity index (χ2n) is 2.10. The van der Waals surface area contributed by atoms with Crippen molar-refractivity contribution in [3.05, 3.63) is 0 Å². The molecule has 0 spiro atoms. The highest BCUT2D eigenvalue weighted by Gasteiger charge is 2.08. The molecule has 0 fully saturated rings. The molecule has 0 aromatic heterocycles. The molecule has 0 N–H and O–H groups in total. The lowest BCUT2D eigenvalue weighted by molar-refractivity contribution is 0.929. The lowest BCUT2D eigenvalue weighted by Crippen LogP contribution is -2.11. The number of thioether (sulfide) groups is 2. The monoisotopic (exact) mass is 164 g/mol. The van der Waals surface area contributed by atoms with Gasteiger partial charge in [-0.1, -0.05) is 20.8 Å². The molecule has 0 rings (SSSR count). The first-order chi connectivity index (χ1) is 4.22. The summed E-state index contributed by atoms with van der Waals surface area (Å²) in [7, 11) is 0. The van der Waals surface area contributed by atoms with Crippen molar-refractivity contribution in [2.75, 3.05) is 12.0 Å². The van der Waals surface area contributed by atoms with E-state index in [9.17, 15) is 0 Å². The molecule has 56 valence electrons. The molecule has 0 nitrogen and oxygen atoms in total. The zero-order valence-corrected chi connectivity index (χ0v) is 8.31. The van der Waals surface area contributed by atoms with Gasteiger partial charge in [0.05, 0.1) is 0 Å². The van der Waals surface area contributed by atoms with Gasteiger partial charge in [0.1, 0.15) is 0 Å². The topological polar surface area (TPSA) is 0 Å². The highest BCUT2D eigenvalue weighted by atomic mass is 32.2. The summed E-state index contributed by atoms with van der Waals surface area (Å²) < 4.78 is 0. The van der Waals surface area contributed by atoms with Crippen LogP contribution in [0, 0.1) is 0 Å². The van der Waals surface area contributed by atoms with Crippen molar-refractivity contribution in [2.24, 2.45) is 0 Å². The van der Waals surface area contributed by atoms with Crippen molar-refractivity contribution in [3.8, 4) is 0 Å². The van der Waals surface area contributed by atoms with Crippen molar-refractivity contribution < 1.29 is 0 Å². The van der Waals surface area contributed by atoms with Crippen LogP contribution in [0.4, 0.5) is 0 Å². The van der Waals surface area contributed by atoms with Crippen LogP contribution < -0.4 is 0 Å². The minimum absolute atomic E-state index is 0.801. The molecular formula is C7H16S2. The lowest BCUT2D eigenvalue weighted by Gasteiger charge is -2.15. The van der Waals surface area contributed by atoms with Crippen molar-refractivity contribution in [2.45, 2.75) is 31.3 Å². The lowest BCUT2D eigenvalue weighted by atomic mass is 10.4. The second kappa shape index (κ2) is 5.48. The molecule has 0 heterocycles. The summed E-state index contributed by atoms with van der Waals surface area (Å²) in [6.45, 7) is 6.81. The second-order valence-corrected chi connectivity index (χ2v) is 4.97. The van der Waals surface area contributed by atoms with Gasteiger partial charge in [-0.05, 0) is 12.0 Å². The van der Waals surface area contributed by atoms with E-state index in [-0.39, 0.29) is 0 Å². The smallest absolute Gasteiger partial charge is 0.0135 e. The Kier molecular flexibility index (Phi) is 5.91. The Morgan fingerprint density at radius 2 is 1.78 bits per heavy atom. The summed E-state index contributed by atoms with van der Waals surface area (Å²) >= 11 is 4.00. The standard InChI is InChI=1S/C7H16S2/c1-5-9-7(3)6(2)8-4/h6-7H,5H2,1-4H3. The molecule has 0 saturated heterocycles. The van der Waals surface area contributed by atoms with Crippen LogP contribution in [-0.4, -0.2) is 22.5 Å². The highest BCUT2D eigenvalue weighted by Crippen LogP contribution is 2.21. The first-order valence-electron chi connectivity index (χ1n) is 3.36. The van der Waals surface area contributed by atoms with Gasteiger partial charge < -0.3 is 0 Å². The fraction of sp³-hybridized carbons (Fsp3) is 1.00. The van der Waals surface area contributed by atoms with E-state index in [0.29, 0.717) is 0 Å². The molecule has 0 aliphatic heterocycles. The van der Waals surface area contributed by atoms with Crippen LogP contribution in [0.25, 0.3) is 0 Å². The van der Waals surface area contributed by atoms with Gasteiger partial charge in [-0.3, -0.25) is 0 Å². The van der Waals surface area contributed by atoms with Crippen LogP contribution in [0.1, 0.15) is 20.8 Å². The van der Waals surface area contributed by atoms with E-state index in [4.69, 9.17) is 0 Å². The van der Waals surface area contributed by atoms with Crippen LogP contribution in [0.5, 0.6) is 0 Å².